The van der Waals surface area contributed by atoms with Crippen molar-refractivity contribution in [1.29, 1.82) is 0 Å². The quantitative estimate of drug-likeness (QED) is 0.660. The number of nitrogens with one attached hydrogen (secondary N) is 1. The first-order valence-corrected chi connectivity index (χ1v) is 7.63. The van der Waals surface area contributed by atoms with E-state index in [0.29, 0.717) is 6.04 Å². The second-order valence-electron chi connectivity index (χ2n) is 5.34. The molecule has 1 N–H and O–H groups in total. The molecule has 1 aromatic rings. The molecule has 0 spiro atoms. The average Bonchev–Trinajstić information content (AvgIpc) is 2.98. The van der Waals surface area contributed by atoms with Crippen LogP contribution in [0.25, 0.3) is 0 Å². The fraction of sp³-hybridized carbons (Fsp3) is 0.588. The van der Waals surface area contributed by atoms with Crippen LogP contribution in [-0.2, 0) is 0 Å². The number of ether oxygens (including phenoxy) is 1. The standard InChI is InChI=1S/C17H24N2O/c1-3-4-5-6-8-15-11-16(13-18-12-15)20-14(2)17-9-7-10-19-17/h11-14,17,19H,3-5,7,9-10H2,1-2H3. The molecule has 0 saturated carbocycles. The van der Waals surface area contributed by atoms with E-state index < -0.39 is 0 Å². The first kappa shape index (κ1) is 14.9. The van der Waals surface area contributed by atoms with E-state index in [1.807, 2.05) is 6.07 Å². The van der Waals surface area contributed by atoms with Crippen molar-refractivity contribution < 1.29 is 4.74 Å². The molecular weight excluding hydrogens is 248 g/mol. The fourth-order valence-electron chi connectivity index (χ4n) is 2.39. The minimum absolute atomic E-state index is 0.169. The van der Waals surface area contributed by atoms with Crippen molar-refractivity contribution in [3.63, 3.8) is 0 Å². The van der Waals surface area contributed by atoms with Gasteiger partial charge < -0.3 is 10.1 Å². The van der Waals surface area contributed by atoms with Crippen LogP contribution in [0.15, 0.2) is 18.5 Å². The summed E-state index contributed by atoms with van der Waals surface area (Å²) in [5, 5.41) is 3.47. The highest BCUT2D eigenvalue weighted by Crippen LogP contribution is 2.17. The highest BCUT2D eigenvalue weighted by Gasteiger charge is 2.22. The second-order valence-corrected chi connectivity index (χ2v) is 5.34. The Morgan fingerprint density at radius 1 is 1.50 bits per heavy atom. The van der Waals surface area contributed by atoms with Crippen LogP contribution < -0.4 is 10.1 Å². The van der Waals surface area contributed by atoms with Gasteiger partial charge in [0.25, 0.3) is 0 Å². The lowest BCUT2D eigenvalue weighted by Crippen LogP contribution is -2.36. The van der Waals surface area contributed by atoms with Gasteiger partial charge in [0.1, 0.15) is 11.9 Å². The fourth-order valence-corrected chi connectivity index (χ4v) is 2.39. The molecule has 0 aromatic carbocycles. The molecule has 3 heteroatoms. The molecule has 2 heterocycles. The molecule has 0 aliphatic carbocycles. The van der Waals surface area contributed by atoms with Gasteiger partial charge in [-0.25, -0.2) is 0 Å². The number of hydrogen-bond acceptors (Lipinski definition) is 3. The highest BCUT2D eigenvalue weighted by atomic mass is 16.5. The number of pyridine rings is 1. The van der Waals surface area contributed by atoms with E-state index in [4.69, 9.17) is 4.74 Å². The van der Waals surface area contributed by atoms with Crippen molar-refractivity contribution in [1.82, 2.24) is 10.3 Å². The molecule has 2 atom stereocenters. The Morgan fingerprint density at radius 2 is 2.40 bits per heavy atom. The van der Waals surface area contributed by atoms with E-state index in [2.05, 4.69) is 36.0 Å². The van der Waals surface area contributed by atoms with Crippen molar-refractivity contribution in [3.05, 3.63) is 24.0 Å². The Bertz CT molecular complexity index is 469. The van der Waals surface area contributed by atoms with Crippen molar-refractivity contribution in [2.75, 3.05) is 6.54 Å². The number of nitrogens with zero attached hydrogens (tertiary/aromatic N) is 1. The van der Waals surface area contributed by atoms with E-state index in [1.54, 1.807) is 12.4 Å². The molecular formula is C17H24N2O. The molecule has 1 aliphatic rings. The van der Waals surface area contributed by atoms with Crippen LogP contribution in [0.1, 0.15) is 51.5 Å². The summed E-state index contributed by atoms with van der Waals surface area (Å²) in [6.45, 7) is 5.39. The maximum Gasteiger partial charge on any atom is 0.139 e. The van der Waals surface area contributed by atoms with Crippen molar-refractivity contribution >= 4 is 0 Å². The molecule has 0 amide bonds. The molecule has 2 unspecified atom stereocenters. The molecule has 1 fully saturated rings. The van der Waals surface area contributed by atoms with Gasteiger partial charge in [0.2, 0.25) is 0 Å². The van der Waals surface area contributed by atoms with E-state index in [-0.39, 0.29) is 6.10 Å². The molecule has 1 saturated heterocycles. The maximum absolute atomic E-state index is 5.97. The predicted octanol–water partition coefficient (Wildman–Crippen LogP) is 3.14. The van der Waals surface area contributed by atoms with E-state index in [9.17, 15) is 0 Å². The Kier molecular flexibility index (Phi) is 5.88. The zero-order chi connectivity index (χ0) is 14.2. The van der Waals surface area contributed by atoms with E-state index in [1.165, 1.54) is 19.3 Å². The summed E-state index contributed by atoms with van der Waals surface area (Å²) in [5.41, 5.74) is 0.935. The van der Waals surface area contributed by atoms with Crippen LogP contribution >= 0.6 is 0 Å². The zero-order valence-electron chi connectivity index (χ0n) is 12.5. The topological polar surface area (TPSA) is 34.1 Å². The van der Waals surface area contributed by atoms with Gasteiger partial charge in [-0.05, 0) is 38.8 Å². The van der Waals surface area contributed by atoms with Crippen LogP contribution in [0.3, 0.4) is 0 Å². The van der Waals surface area contributed by atoms with Crippen LogP contribution in [0.5, 0.6) is 5.75 Å². The lowest BCUT2D eigenvalue weighted by Gasteiger charge is -2.20. The average molecular weight is 272 g/mol. The summed E-state index contributed by atoms with van der Waals surface area (Å²) in [6.07, 6.45) is 9.44. The Balaban J connectivity index is 1.92. The van der Waals surface area contributed by atoms with Gasteiger partial charge >= 0.3 is 0 Å². The van der Waals surface area contributed by atoms with E-state index in [0.717, 1.165) is 30.7 Å². The number of rotatable bonds is 5. The molecule has 2 rings (SSSR count). The summed E-state index contributed by atoms with van der Waals surface area (Å²) in [5.74, 6) is 7.15. The monoisotopic (exact) mass is 272 g/mol. The Morgan fingerprint density at radius 3 is 3.15 bits per heavy atom. The van der Waals surface area contributed by atoms with Crippen LogP contribution in [0.2, 0.25) is 0 Å². The lowest BCUT2D eigenvalue weighted by molar-refractivity contribution is 0.179. The third-order valence-electron chi connectivity index (χ3n) is 3.59. The first-order valence-electron chi connectivity index (χ1n) is 7.63. The molecule has 1 aromatic heterocycles. The van der Waals surface area contributed by atoms with E-state index >= 15 is 0 Å². The number of aromatic nitrogens is 1. The summed E-state index contributed by atoms with van der Waals surface area (Å²) >= 11 is 0. The zero-order valence-corrected chi connectivity index (χ0v) is 12.5. The molecule has 1 aliphatic heterocycles. The number of unbranched alkanes of at least 4 members (excludes halogenated alkanes) is 2. The minimum atomic E-state index is 0.169. The lowest BCUT2D eigenvalue weighted by atomic mass is 10.1. The maximum atomic E-state index is 5.97. The van der Waals surface area contributed by atoms with Gasteiger partial charge in [-0.15, -0.1) is 0 Å². The van der Waals surface area contributed by atoms with Crippen molar-refractivity contribution in [3.8, 4) is 17.6 Å². The van der Waals surface area contributed by atoms with Crippen LogP contribution in [-0.4, -0.2) is 23.7 Å². The third-order valence-corrected chi connectivity index (χ3v) is 3.59. The SMILES string of the molecule is CCCCC#Cc1cncc(OC(C)C2CCCN2)c1. The Labute approximate surface area is 122 Å². The molecule has 20 heavy (non-hydrogen) atoms. The largest absolute Gasteiger partial charge is 0.487 e. The van der Waals surface area contributed by atoms with Crippen LogP contribution in [0.4, 0.5) is 0 Å². The van der Waals surface area contributed by atoms with Gasteiger partial charge in [-0.2, -0.15) is 0 Å². The Hall–Kier alpha value is -1.53. The van der Waals surface area contributed by atoms with Gasteiger partial charge in [-0.3, -0.25) is 4.98 Å². The summed E-state index contributed by atoms with van der Waals surface area (Å²) in [6, 6.07) is 2.44. The predicted molar refractivity (Wildman–Crippen MR) is 81.8 cm³/mol. The third kappa shape index (κ3) is 4.54. The molecule has 108 valence electrons. The normalized spacial score (nSPS) is 19.2. The molecule has 0 bridgehead atoms. The van der Waals surface area contributed by atoms with Gasteiger partial charge in [-0.1, -0.05) is 25.2 Å². The van der Waals surface area contributed by atoms with Gasteiger partial charge in [0.05, 0.1) is 6.20 Å². The summed E-state index contributed by atoms with van der Waals surface area (Å²) < 4.78 is 5.97. The van der Waals surface area contributed by atoms with Crippen molar-refractivity contribution in [2.45, 2.75) is 58.1 Å². The summed E-state index contributed by atoms with van der Waals surface area (Å²) in [7, 11) is 0. The minimum Gasteiger partial charge on any atom is -0.487 e. The number of hydrogen-bond donors (Lipinski definition) is 1. The summed E-state index contributed by atoms with van der Waals surface area (Å²) in [4.78, 5) is 4.22. The second kappa shape index (κ2) is 7.91. The van der Waals surface area contributed by atoms with Gasteiger partial charge in [0.15, 0.2) is 0 Å². The molecule has 0 radical (unpaired) electrons. The smallest absolute Gasteiger partial charge is 0.139 e. The van der Waals surface area contributed by atoms with Crippen molar-refractivity contribution in [2.24, 2.45) is 0 Å². The first-order chi connectivity index (χ1) is 9.79. The van der Waals surface area contributed by atoms with Crippen LogP contribution in [0, 0.1) is 11.8 Å². The highest BCUT2D eigenvalue weighted by molar-refractivity contribution is 5.36. The molecule has 3 nitrogen and oxygen atoms in total. The van der Waals surface area contributed by atoms with Gasteiger partial charge in [0, 0.05) is 24.2 Å².